The van der Waals surface area contributed by atoms with Crippen LogP contribution in [-0.4, -0.2) is 41.0 Å². The first-order chi connectivity index (χ1) is 13.7. The van der Waals surface area contributed by atoms with Crippen LogP contribution >= 0.6 is 0 Å². The summed E-state index contributed by atoms with van der Waals surface area (Å²) in [5.41, 5.74) is 2.17. The largest absolute Gasteiger partial charge is 0.465 e. The summed E-state index contributed by atoms with van der Waals surface area (Å²) in [6.45, 7) is 8.44. The Morgan fingerprint density at radius 3 is 1.43 bits per heavy atom. The van der Waals surface area contributed by atoms with Crippen LogP contribution in [0.15, 0.2) is 60.7 Å². The highest BCUT2D eigenvalue weighted by Crippen LogP contribution is 2.03. The van der Waals surface area contributed by atoms with Gasteiger partial charge in [-0.2, -0.15) is 0 Å². The van der Waals surface area contributed by atoms with Crippen LogP contribution in [0.5, 0.6) is 0 Å². The van der Waals surface area contributed by atoms with Gasteiger partial charge in [-0.1, -0.05) is 88.4 Å². The molecule has 0 aliphatic heterocycles. The number of benzene rings is 2. The molecule has 0 N–H and O–H groups in total. The summed E-state index contributed by atoms with van der Waals surface area (Å²) in [4.78, 5) is 11.6. The van der Waals surface area contributed by atoms with Crippen LogP contribution in [0, 0.1) is 0 Å². The summed E-state index contributed by atoms with van der Waals surface area (Å²) in [6, 6.07) is 19.7. The number of carbonyl (C=O) groups is 1. The van der Waals surface area contributed by atoms with Gasteiger partial charge < -0.3 is 14.2 Å². The van der Waals surface area contributed by atoms with Crippen LogP contribution < -0.4 is 0 Å². The quantitative estimate of drug-likeness (QED) is 0.622. The van der Waals surface area contributed by atoms with Gasteiger partial charge in [-0.15, -0.1) is 0 Å². The van der Waals surface area contributed by atoms with Crippen LogP contribution in [-0.2, 0) is 31.8 Å². The van der Waals surface area contributed by atoms with E-state index < -0.39 is 0 Å². The maximum absolute atomic E-state index is 11.6. The van der Waals surface area contributed by atoms with E-state index in [-0.39, 0.29) is 5.97 Å². The number of methoxy groups -OCH3 is 2. The molecule has 28 heavy (non-hydrogen) atoms. The lowest BCUT2D eigenvalue weighted by Gasteiger charge is -2.05. The lowest BCUT2D eigenvalue weighted by Crippen LogP contribution is -2.10. The Balaban J connectivity index is -0.000000534. The lowest BCUT2D eigenvalue weighted by atomic mass is 10.1. The molecule has 0 heterocycles. The molecule has 2 aromatic carbocycles. The SMILES string of the molecule is CC.CC.COC.COC.O=C(Cc1ccccc1)OCCc1ccccc1. The second kappa shape index (κ2) is 27.1. The Morgan fingerprint density at radius 1 is 0.679 bits per heavy atom. The molecule has 0 aromatic heterocycles. The van der Waals surface area contributed by atoms with Gasteiger partial charge in [0.15, 0.2) is 0 Å². The van der Waals surface area contributed by atoms with Gasteiger partial charge in [-0.3, -0.25) is 4.79 Å². The van der Waals surface area contributed by atoms with Crippen molar-refractivity contribution in [2.75, 3.05) is 35.0 Å². The molecular weight excluding hydrogens is 352 g/mol. The molecule has 0 aliphatic rings. The third-order valence-electron chi connectivity index (χ3n) is 2.69. The van der Waals surface area contributed by atoms with Crippen molar-refractivity contribution in [1.82, 2.24) is 0 Å². The summed E-state index contributed by atoms with van der Waals surface area (Å²) in [5.74, 6) is -0.169. The molecule has 0 spiro atoms. The van der Waals surface area contributed by atoms with Crippen molar-refractivity contribution in [3.63, 3.8) is 0 Å². The zero-order chi connectivity index (χ0) is 22.0. The molecule has 0 radical (unpaired) electrons. The Morgan fingerprint density at radius 2 is 1.04 bits per heavy atom. The molecule has 0 unspecified atom stereocenters. The molecule has 0 amide bonds. The zero-order valence-corrected chi connectivity index (χ0v) is 19.0. The van der Waals surface area contributed by atoms with Gasteiger partial charge in [0.2, 0.25) is 0 Å². The zero-order valence-electron chi connectivity index (χ0n) is 19.0. The smallest absolute Gasteiger partial charge is 0.310 e. The van der Waals surface area contributed by atoms with E-state index in [9.17, 15) is 4.79 Å². The van der Waals surface area contributed by atoms with E-state index in [0.29, 0.717) is 13.0 Å². The monoisotopic (exact) mass is 392 g/mol. The van der Waals surface area contributed by atoms with E-state index >= 15 is 0 Å². The van der Waals surface area contributed by atoms with Crippen molar-refractivity contribution in [3.8, 4) is 0 Å². The van der Waals surface area contributed by atoms with Gasteiger partial charge in [0.1, 0.15) is 0 Å². The average molecular weight is 393 g/mol. The van der Waals surface area contributed by atoms with Gasteiger partial charge in [0.25, 0.3) is 0 Å². The molecule has 2 aromatic rings. The predicted molar refractivity (Wildman–Crippen MR) is 120 cm³/mol. The third-order valence-corrected chi connectivity index (χ3v) is 2.69. The topological polar surface area (TPSA) is 44.8 Å². The van der Waals surface area contributed by atoms with Gasteiger partial charge >= 0.3 is 5.97 Å². The normalized spacial score (nSPS) is 8.14. The van der Waals surface area contributed by atoms with E-state index in [1.165, 1.54) is 5.56 Å². The molecule has 0 aliphatic carbocycles. The van der Waals surface area contributed by atoms with E-state index in [4.69, 9.17) is 4.74 Å². The summed E-state index contributed by atoms with van der Waals surface area (Å²) < 4.78 is 13.7. The fraction of sp³-hybridized carbons (Fsp3) is 0.458. The van der Waals surface area contributed by atoms with Crippen molar-refractivity contribution in [1.29, 1.82) is 0 Å². The lowest BCUT2D eigenvalue weighted by molar-refractivity contribution is -0.142. The van der Waals surface area contributed by atoms with Crippen LogP contribution in [0.25, 0.3) is 0 Å². The van der Waals surface area contributed by atoms with E-state index in [2.05, 4.69) is 9.47 Å². The molecule has 0 atom stereocenters. The highest BCUT2D eigenvalue weighted by molar-refractivity contribution is 5.72. The minimum atomic E-state index is -0.169. The number of rotatable bonds is 5. The predicted octanol–water partition coefficient (Wildman–Crippen LogP) is 5.59. The van der Waals surface area contributed by atoms with Gasteiger partial charge in [0.05, 0.1) is 13.0 Å². The van der Waals surface area contributed by atoms with E-state index in [1.807, 2.05) is 88.4 Å². The van der Waals surface area contributed by atoms with Crippen molar-refractivity contribution < 1.29 is 19.0 Å². The summed E-state index contributed by atoms with van der Waals surface area (Å²) in [7, 11) is 6.50. The minimum absolute atomic E-state index is 0.169. The fourth-order valence-corrected chi connectivity index (χ4v) is 1.74. The molecular formula is C24H40O4. The Kier molecular flexibility index (Phi) is 29.5. The third kappa shape index (κ3) is 21.9. The van der Waals surface area contributed by atoms with E-state index in [1.54, 1.807) is 28.4 Å². The second-order valence-electron chi connectivity index (χ2n) is 4.93. The molecule has 0 fully saturated rings. The van der Waals surface area contributed by atoms with Crippen LogP contribution in [0.3, 0.4) is 0 Å². The first-order valence-electron chi connectivity index (χ1n) is 9.71. The van der Waals surface area contributed by atoms with Gasteiger partial charge in [-0.25, -0.2) is 0 Å². The first kappa shape index (κ1) is 30.6. The number of ether oxygens (including phenoxy) is 3. The Bertz CT molecular complexity index is 511. The fourth-order valence-electron chi connectivity index (χ4n) is 1.74. The van der Waals surface area contributed by atoms with Gasteiger partial charge in [-0.05, 0) is 11.1 Å². The van der Waals surface area contributed by atoms with Crippen LogP contribution in [0.1, 0.15) is 38.8 Å². The number of carbonyl (C=O) groups excluding carboxylic acids is 1. The van der Waals surface area contributed by atoms with Crippen molar-refractivity contribution >= 4 is 5.97 Å². The Labute approximate surface area is 172 Å². The maximum atomic E-state index is 11.6. The number of hydrogen-bond acceptors (Lipinski definition) is 4. The number of hydrogen-bond donors (Lipinski definition) is 0. The molecule has 0 saturated heterocycles. The van der Waals surface area contributed by atoms with Gasteiger partial charge in [0, 0.05) is 34.9 Å². The van der Waals surface area contributed by atoms with Crippen molar-refractivity contribution in [3.05, 3.63) is 71.8 Å². The Hall–Kier alpha value is -2.17. The molecule has 0 saturated carbocycles. The highest BCUT2D eigenvalue weighted by Gasteiger charge is 2.04. The molecule has 4 heteroatoms. The molecule has 2 rings (SSSR count). The molecule has 160 valence electrons. The minimum Gasteiger partial charge on any atom is -0.465 e. The van der Waals surface area contributed by atoms with Crippen LogP contribution in [0.4, 0.5) is 0 Å². The highest BCUT2D eigenvalue weighted by atomic mass is 16.5. The summed E-state index contributed by atoms with van der Waals surface area (Å²) >= 11 is 0. The maximum Gasteiger partial charge on any atom is 0.310 e. The molecule has 4 nitrogen and oxygen atoms in total. The first-order valence-corrected chi connectivity index (χ1v) is 9.71. The van der Waals surface area contributed by atoms with E-state index in [0.717, 1.165) is 12.0 Å². The van der Waals surface area contributed by atoms with Crippen LogP contribution in [0.2, 0.25) is 0 Å². The summed E-state index contributed by atoms with van der Waals surface area (Å²) in [6.07, 6.45) is 1.11. The van der Waals surface area contributed by atoms with Crippen molar-refractivity contribution in [2.24, 2.45) is 0 Å². The second-order valence-corrected chi connectivity index (χ2v) is 4.93. The standard InChI is InChI=1S/C16H16O2.2C2H6O.2C2H6/c17-16(13-15-9-5-2-6-10-15)18-12-11-14-7-3-1-4-8-14;2*1-3-2;2*1-2/h1-10H,11-13H2;2*1-2H3;2*1-2H3. The molecule has 0 bridgehead atoms. The van der Waals surface area contributed by atoms with Crippen molar-refractivity contribution in [2.45, 2.75) is 40.5 Å². The average Bonchev–Trinajstić information content (AvgIpc) is 2.74. The summed E-state index contributed by atoms with van der Waals surface area (Å²) in [5, 5.41) is 0. The number of esters is 1.